The van der Waals surface area contributed by atoms with Crippen molar-refractivity contribution in [3.63, 3.8) is 0 Å². The lowest BCUT2D eigenvalue weighted by Crippen LogP contribution is -2.17. The van der Waals surface area contributed by atoms with Gasteiger partial charge in [-0.2, -0.15) is 5.10 Å². The molecule has 1 aliphatic heterocycles. The second-order valence-electron chi connectivity index (χ2n) is 10.6. The highest BCUT2D eigenvalue weighted by atomic mass is 19.4. The maximum atomic E-state index is 13.3. The molecule has 0 saturated carbocycles. The van der Waals surface area contributed by atoms with Crippen LogP contribution in [0.4, 0.5) is 24.5 Å². The number of ether oxygens (including phenoxy) is 1. The summed E-state index contributed by atoms with van der Waals surface area (Å²) in [7, 11) is 1.90. The SMILES string of the molecule is CC(C)n1c2ccc(Nc3ccccc3OC(F)(F)F)cc2c2c3c(c4c(c21)CCc1nn(C)cc1-4)C(=O)NC3. The van der Waals surface area contributed by atoms with Crippen LogP contribution in [0.2, 0.25) is 0 Å². The van der Waals surface area contributed by atoms with Crippen LogP contribution in [-0.4, -0.2) is 26.6 Å². The van der Waals surface area contributed by atoms with Gasteiger partial charge in [0.2, 0.25) is 0 Å². The molecule has 2 aliphatic rings. The van der Waals surface area contributed by atoms with Gasteiger partial charge in [-0.25, -0.2) is 0 Å². The van der Waals surface area contributed by atoms with Gasteiger partial charge in [0.1, 0.15) is 0 Å². The highest BCUT2D eigenvalue weighted by Crippen LogP contribution is 2.48. The number of aromatic nitrogens is 3. The average molecular weight is 546 g/mol. The Hall–Kier alpha value is -4.47. The number of halogens is 3. The van der Waals surface area contributed by atoms with E-state index < -0.39 is 6.36 Å². The molecule has 0 spiro atoms. The van der Waals surface area contributed by atoms with E-state index in [2.05, 4.69) is 38.9 Å². The van der Waals surface area contributed by atoms with Crippen LogP contribution in [0.15, 0.2) is 48.7 Å². The maximum absolute atomic E-state index is 13.3. The number of nitrogens with one attached hydrogen (secondary N) is 2. The van der Waals surface area contributed by atoms with Gasteiger partial charge in [-0.05, 0) is 68.1 Å². The third-order valence-electron chi connectivity index (χ3n) is 7.79. The summed E-state index contributed by atoms with van der Waals surface area (Å²) < 4.78 is 47.4. The van der Waals surface area contributed by atoms with Gasteiger partial charge in [0, 0.05) is 58.9 Å². The number of carbonyl (C=O) groups excluding carboxylic acids is 1. The van der Waals surface area contributed by atoms with Crippen molar-refractivity contribution in [3.8, 4) is 16.9 Å². The van der Waals surface area contributed by atoms with E-state index in [0.29, 0.717) is 17.8 Å². The predicted molar refractivity (Wildman–Crippen MR) is 147 cm³/mol. The minimum atomic E-state index is -4.81. The van der Waals surface area contributed by atoms with Gasteiger partial charge in [0.15, 0.2) is 5.75 Å². The lowest BCUT2D eigenvalue weighted by atomic mass is 9.82. The largest absolute Gasteiger partial charge is 0.573 e. The Labute approximate surface area is 227 Å². The number of alkyl halides is 3. The van der Waals surface area contributed by atoms with Crippen LogP contribution in [0.5, 0.6) is 5.75 Å². The van der Waals surface area contributed by atoms with Gasteiger partial charge in [-0.1, -0.05) is 12.1 Å². The fraction of sp³-hybridized carbons (Fsp3) is 0.267. The van der Waals surface area contributed by atoms with Crippen molar-refractivity contribution in [2.24, 2.45) is 7.05 Å². The fourth-order valence-electron chi connectivity index (χ4n) is 6.41. The van der Waals surface area contributed by atoms with Crippen LogP contribution in [0.1, 0.15) is 47.1 Å². The molecule has 40 heavy (non-hydrogen) atoms. The summed E-state index contributed by atoms with van der Waals surface area (Å²) in [4.78, 5) is 13.3. The van der Waals surface area contributed by atoms with Gasteiger partial charge in [-0.15, -0.1) is 13.2 Å². The molecule has 7 nitrogen and oxygen atoms in total. The summed E-state index contributed by atoms with van der Waals surface area (Å²) >= 11 is 0. The lowest BCUT2D eigenvalue weighted by molar-refractivity contribution is -0.274. The van der Waals surface area contributed by atoms with E-state index >= 15 is 0 Å². The highest BCUT2D eigenvalue weighted by Gasteiger charge is 2.36. The van der Waals surface area contributed by atoms with Crippen molar-refractivity contribution in [2.45, 2.75) is 45.6 Å². The van der Waals surface area contributed by atoms with Crippen molar-refractivity contribution in [1.29, 1.82) is 0 Å². The number of para-hydroxylation sites is 2. The molecule has 0 fully saturated rings. The van der Waals surface area contributed by atoms with Gasteiger partial charge >= 0.3 is 6.36 Å². The van der Waals surface area contributed by atoms with Crippen LogP contribution in [0.25, 0.3) is 32.9 Å². The fourth-order valence-corrected chi connectivity index (χ4v) is 6.41. The Morgan fingerprint density at radius 3 is 2.65 bits per heavy atom. The van der Waals surface area contributed by atoms with Crippen LogP contribution in [-0.2, 0) is 26.4 Å². The Kier molecular flexibility index (Phi) is 5.23. The minimum absolute atomic E-state index is 0.0946. The number of fused-ring (bicyclic) bond motifs is 10. The first-order valence-corrected chi connectivity index (χ1v) is 13.2. The molecule has 0 atom stereocenters. The van der Waals surface area contributed by atoms with Crippen molar-refractivity contribution < 1.29 is 22.7 Å². The standard InChI is InChI=1S/C30H26F3N5O2/c1-15(2)38-23-11-8-16(35-22-6-4-5-7-24(22)40-30(31,32)33)12-18(23)26-19-13-34-29(39)27(19)25-17(28(26)38)9-10-21-20(25)14-37(3)36-21/h4-8,11-12,14-15,35H,9-10,13H2,1-3H3,(H,34,39). The van der Waals surface area contributed by atoms with Crippen molar-refractivity contribution in [3.05, 3.63) is 71.0 Å². The number of benzene rings is 3. The average Bonchev–Trinajstić information content (AvgIpc) is 3.56. The topological polar surface area (TPSA) is 73.1 Å². The van der Waals surface area contributed by atoms with Gasteiger partial charge in [0.05, 0.1) is 22.5 Å². The number of amides is 1. The number of aryl methyl sites for hydroxylation is 3. The molecule has 204 valence electrons. The van der Waals surface area contributed by atoms with Gasteiger partial charge in [-0.3, -0.25) is 9.48 Å². The first kappa shape index (κ1) is 24.6. The van der Waals surface area contributed by atoms with Crippen molar-refractivity contribution >= 4 is 39.1 Å². The Morgan fingerprint density at radius 2 is 1.88 bits per heavy atom. The molecule has 7 rings (SSSR count). The van der Waals surface area contributed by atoms with E-state index in [1.54, 1.807) is 16.8 Å². The molecule has 10 heteroatoms. The zero-order chi connectivity index (χ0) is 27.9. The third-order valence-corrected chi connectivity index (χ3v) is 7.79. The number of rotatable bonds is 4. The van der Waals surface area contributed by atoms with E-state index in [9.17, 15) is 18.0 Å². The van der Waals surface area contributed by atoms with Crippen LogP contribution < -0.4 is 15.4 Å². The first-order valence-electron chi connectivity index (χ1n) is 13.2. The molecule has 3 aromatic carbocycles. The zero-order valence-corrected chi connectivity index (χ0v) is 22.1. The second kappa shape index (κ2) is 8.51. The molecule has 0 unspecified atom stereocenters. The van der Waals surface area contributed by atoms with E-state index in [4.69, 9.17) is 0 Å². The molecule has 0 saturated heterocycles. The molecular formula is C30H26F3N5O2. The number of hydrogen-bond acceptors (Lipinski definition) is 4. The van der Waals surface area contributed by atoms with E-state index in [0.717, 1.165) is 62.6 Å². The van der Waals surface area contributed by atoms with Crippen LogP contribution in [0.3, 0.4) is 0 Å². The molecule has 0 radical (unpaired) electrons. The Balaban J connectivity index is 1.49. The minimum Gasteiger partial charge on any atom is -0.404 e. The molecule has 1 aliphatic carbocycles. The number of nitrogens with zero attached hydrogens (tertiary/aromatic N) is 3. The van der Waals surface area contributed by atoms with E-state index in [-0.39, 0.29) is 23.4 Å². The molecule has 5 aromatic rings. The lowest BCUT2D eigenvalue weighted by Gasteiger charge is -2.22. The second-order valence-corrected chi connectivity index (χ2v) is 10.6. The zero-order valence-electron chi connectivity index (χ0n) is 22.1. The Bertz CT molecular complexity index is 1870. The molecule has 0 bridgehead atoms. The monoisotopic (exact) mass is 545 g/mol. The van der Waals surface area contributed by atoms with Crippen molar-refractivity contribution in [1.82, 2.24) is 19.7 Å². The van der Waals surface area contributed by atoms with Gasteiger partial charge in [0.25, 0.3) is 5.91 Å². The summed E-state index contributed by atoms with van der Waals surface area (Å²) in [5, 5.41) is 12.8. The van der Waals surface area contributed by atoms with E-state index in [1.165, 1.54) is 12.1 Å². The van der Waals surface area contributed by atoms with Crippen molar-refractivity contribution in [2.75, 3.05) is 5.32 Å². The summed E-state index contributed by atoms with van der Waals surface area (Å²) in [5.41, 5.74) is 8.66. The van der Waals surface area contributed by atoms with Gasteiger partial charge < -0.3 is 19.9 Å². The predicted octanol–water partition coefficient (Wildman–Crippen LogP) is 6.76. The first-order chi connectivity index (χ1) is 19.1. The Morgan fingerprint density at radius 1 is 1.07 bits per heavy atom. The smallest absolute Gasteiger partial charge is 0.404 e. The molecule has 1 amide bonds. The maximum Gasteiger partial charge on any atom is 0.573 e. The highest BCUT2D eigenvalue weighted by molar-refractivity contribution is 6.20. The summed E-state index contributed by atoms with van der Waals surface area (Å²) in [6, 6.07) is 11.9. The molecule has 2 N–H and O–H groups in total. The normalized spacial score (nSPS) is 14.4. The summed E-state index contributed by atoms with van der Waals surface area (Å²) in [5.74, 6) is -0.403. The molecular weight excluding hydrogens is 519 g/mol. The molecule has 2 aromatic heterocycles. The summed E-state index contributed by atoms with van der Waals surface area (Å²) in [6.45, 7) is 4.68. The third kappa shape index (κ3) is 3.65. The van der Waals surface area contributed by atoms with Crippen LogP contribution in [0, 0.1) is 0 Å². The number of hydrogen-bond donors (Lipinski definition) is 2. The number of carbonyl (C=O) groups is 1. The van der Waals surface area contributed by atoms with Crippen LogP contribution >= 0.6 is 0 Å². The quantitative estimate of drug-likeness (QED) is 0.262. The summed E-state index contributed by atoms with van der Waals surface area (Å²) in [6.07, 6.45) is -1.27. The number of anilines is 2. The van der Waals surface area contributed by atoms with E-state index in [1.807, 2.05) is 31.4 Å². The molecule has 3 heterocycles.